The van der Waals surface area contributed by atoms with Crippen LogP contribution in [0.5, 0.6) is 0 Å². The maximum Gasteiger partial charge on any atom is 0.232 e. The molecule has 0 unspecified atom stereocenters. The lowest BCUT2D eigenvalue weighted by atomic mass is 9.72. The van der Waals surface area contributed by atoms with Crippen LogP contribution in [0.3, 0.4) is 0 Å². The zero-order chi connectivity index (χ0) is 18.1. The number of hydrogen-bond acceptors (Lipinski definition) is 5. The van der Waals surface area contributed by atoms with Gasteiger partial charge in [0.2, 0.25) is 11.8 Å². The molecule has 2 fully saturated rings. The lowest BCUT2D eigenvalue weighted by Gasteiger charge is -2.36. The Balaban J connectivity index is 1.54. The van der Waals surface area contributed by atoms with E-state index in [1.54, 1.807) is 0 Å². The summed E-state index contributed by atoms with van der Waals surface area (Å²) >= 11 is 0. The number of ether oxygens (including phenoxy) is 1. The van der Waals surface area contributed by atoms with E-state index < -0.39 is 0 Å². The molecule has 26 heavy (non-hydrogen) atoms. The Morgan fingerprint density at radius 1 is 1.23 bits per heavy atom. The van der Waals surface area contributed by atoms with Crippen LogP contribution in [0.25, 0.3) is 0 Å². The third-order valence-electron chi connectivity index (χ3n) is 5.81. The summed E-state index contributed by atoms with van der Waals surface area (Å²) < 4.78 is 11.1. The van der Waals surface area contributed by atoms with Gasteiger partial charge in [-0.3, -0.25) is 4.79 Å². The number of carbonyl (C=O) groups excluding carboxylic acids is 1. The van der Waals surface area contributed by atoms with E-state index in [0.717, 1.165) is 38.2 Å². The summed E-state index contributed by atoms with van der Waals surface area (Å²) in [6, 6.07) is 8.17. The van der Waals surface area contributed by atoms with Gasteiger partial charge in [-0.15, -0.1) is 0 Å². The molecule has 1 amide bonds. The number of likely N-dealkylation sites (tertiary alicyclic amines) is 1. The molecule has 1 aromatic heterocycles. The minimum absolute atomic E-state index is 0.0137. The zero-order valence-electron chi connectivity index (χ0n) is 15.4. The first kappa shape index (κ1) is 17.2. The monoisotopic (exact) mass is 355 g/mol. The Bertz CT molecular complexity index is 778. The molecule has 2 aliphatic heterocycles. The van der Waals surface area contributed by atoms with Crippen molar-refractivity contribution in [3.8, 4) is 0 Å². The van der Waals surface area contributed by atoms with E-state index in [9.17, 15) is 4.79 Å². The Morgan fingerprint density at radius 2 is 1.96 bits per heavy atom. The van der Waals surface area contributed by atoms with Gasteiger partial charge in [0.25, 0.3) is 0 Å². The van der Waals surface area contributed by atoms with Crippen molar-refractivity contribution >= 4 is 5.91 Å². The predicted octanol–water partition coefficient (Wildman–Crippen LogP) is 2.65. The maximum atomic E-state index is 12.9. The minimum Gasteiger partial charge on any atom is -0.381 e. The summed E-state index contributed by atoms with van der Waals surface area (Å²) in [6.07, 6.45) is 2.28. The topological polar surface area (TPSA) is 68.5 Å². The van der Waals surface area contributed by atoms with Gasteiger partial charge in [-0.1, -0.05) is 35.0 Å². The molecule has 4 rings (SSSR count). The van der Waals surface area contributed by atoms with Crippen LogP contribution in [0.15, 0.2) is 28.8 Å². The number of benzene rings is 1. The summed E-state index contributed by atoms with van der Waals surface area (Å²) in [5.74, 6) is 1.56. The molecule has 6 nitrogen and oxygen atoms in total. The molecule has 138 valence electrons. The van der Waals surface area contributed by atoms with Crippen LogP contribution in [-0.4, -0.2) is 47.3 Å². The fraction of sp³-hybridized carbons (Fsp3) is 0.550. The normalized spacial score (nSPS) is 22.1. The van der Waals surface area contributed by atoms with E-state index in [0.29, 0.717) is 24.7 Å². The number of nitrogens with zero attached hydrogens (tertiary/aromatic N) is 3. The molecule has 1 aromatic carbocycles. The van der Waals surface area contributed by atoms with Crippen molar-refractivity contribution in [3.63, 3.8) is 0 Å². The summed E-state index contributed by atoms with van der Waals surface area (Å²) in [5, 5.41) is 3.96. The number of aryl methyl sites for hydroxylation is 2. The Morgan fingerprint density at radius 3 is 2.62 bits per heavy atom. The fourth-order valence-electron chi connectivity index (χ4n) is 4.23. The van der Waals surface area contributed by atoms with E-state index in [1.165, 1.54) is 5.56 Å². The smallest absolute Gasteiger partial charge is 0.232 e. The lowest BCUT2D eigenvalue weighted by Crippen LogP contribution is -2.37. The van der Waals surface area contributed by atoms with Crippen molar-refractivity contribution in [2.24, 2.45) is 5.41 Å². The van der Waals surface area contributed by atoms with E-state index in [1.807, 2.05) is 24.0 Å². The average molecular weight is 355 g/mol. The summed E-state index contributed by atoms with van der Waals surface area (Å²) in [5.41, 5.74) is 2.24. The highest BCUT2D eigenvalue weighted by atomic mass is 16.5. The Labute approximate surface area is 153 Å². The molecule has 2 aliphatic rings. The fourth-order valence-corrected chi connectivity index (χ4v) is 4.23. The molecule has 0 aliphatic carbocycles. The highest BCUT2D eigenvalue weighted by Crippen LogP contribution is 2.49. The van der Waals surface area contributed by atoms with Crippen molar-refractivity contribution in [1.29, 1.82) is 0 Å². The van der Waals surface area contributed by atoms with Crippen molar-refractivity contribution in [3.05, 3.63) is 47.1 Å². The van der Waals surface area contributed by atoms with Crippen LogP contribution >= 0.6 is 0 Å². The van der Waals surface area contributed by atoms with E-state index in [-0.39, 0.29) is 17.2 Å². The largest absolute Gasteiger partial charge is 0.381 e. The molecule has 0 radical (unpaired) electrons. The highest BCUT2D eigenvalue weighted by Gasteiger charge is 2.51. The van der Waals surface area contributed by atoms with E-state index in [4.69, 9.17) is 9.26 Å². The Kier molecular flexibility index (Phi) is 4.53. The van der Waals surface area contributed by atoms with Gasteiger partial charge in [0, 0.05) is 31.7 Å². The molecule has 0 saturated carbocycles. The molecule has 1 spiro atoms. The molecule has 0 N–H and O–H groups in total. The standard InChI is InChI=1S/C20H25N3O3/c1-14-3-5-16(6-4-14)11-18(24)23-12-17(19-21-15(2)22-26-19)20(13-23)7-9-25-10-8-20/h3-6,17H,7-13H2,1-2H3/t17-/m0/s1. The van der Waals surface area contributed by atoms with Gasteiger partial charge in [-0.25, -0.2) is 0 Å². The zero-order valence-corrected chi connectivity index (χ0v) is 15.4. The second-order valence-electron chi connectivity index (χ2n) is 7.64. The SMILES string of the molecule is Cc1ccc(CC(=O)N2C[C@@H](c3nc(C)no3)C3(CCOCC3)C2)cc1. The summed E-state index contributed by atoms with van der Waals surface area (Å²) in [6.45, 7) is 6.73. The molecule has 0 bridgehead atoms. The molecule has 3 heterocycles. The lowest BCUT2D eigenvalue weighted by molar-refractivity contribution is -0.130. The van der Waals surface area contributed by atoms with Crippen LogP contribution in [0.1, 0.15) is 41.6 Å². The van der Waals surface area contributed by atoms with Crippen LogP contribution in [0.2, 0.25) is 0 Å². The van der Waals surface area contributed by atoms with E-state index >= 15 is 0 Å². The van der Waals surface area contributed by atoms with Gasteiger partial charge >= 0.3 is 0 Å². The van der Waals surface area contributed by atoms with Gasteiger partial charge in [0.15, 0.2) is 5.82 Å². The molecular formula is C20H25N3O3. The number of amides is 1. The molecular weight excluding hydrogens is 330 g/mol. The maximum absolute atomic E-state index is 12.9. The van der Waals surface area contributed by atoms with Gasteiger partial charge in [0.05, 0.1) is 12.3 Å². The predicted molar refractivity (Wildman–Crippen MR) is 95.7 cm³/mol. The van der Waals surface area contributed by atoms with Crippen LogP contribution in [-0.2, 0) is 16.0 Å². The molecule has 1 atom stereocenters. The number of carbonyl (C=O) groups is 1. The number of hydrogen-bond donors (Lipinski definition) is 0. The Hall–Kier alpha value is -2.21. The first-order valence-corrected chi connectivity index (χ1v) is 9.27. The second kappa shape index (κ2) is 6.83. The highest BCUT2D eigenvalue weighted by molar-refractivity contribution is 5.79. The first-order valence-electron chi connectivity index (χ1n) is 9.27. The quantitative estimate of drug-likeness (QED) is 0.847. The average Bonchev–Trinajstić information content (AvgIpc) is 3.22. The van der Waals surface area contributed by atoms with Crippen LogP contribution in [0.4, 0.5) is 0 Å². The molecule has 2 saturated heterocycles. The van der Waals surface area contributed by atoms with Crippen molar-refractivity contribution in [1.82, 2.24) is 15.0 Å². The van der Waals surface area contributed by atoms with Gasteiger partial charge < -0.3 is 14.2 Å². The number of aromatic nitrogens is 2. The minimum atomic E-state index is -0.0137. The summed E-state index contributed by atoms with van der Waals surface area (Å²) in [7, 11) is 0. The molecule has 2 aromatic rings. The second-order valence-corrected chi connectivity index (χ2v) is 7.64. The third kappa shape index (κ3) is 3.26. The number of rotatable bonds is 3. The van der Waals surface area contributed by atoms with Crippen LogP contribution < -0.4 is 0 Å². The van der Waals surface area contributed by atoms with Gasteiger partial charge in [-0.05, 0) is 32.3 Å². The van der Waals surface area contributed by atoms with E-state index in [2.05, 4.69) is 29.2 Å². The van der Waals surface area contributed by atoms with Crippen LogP contribution in [0, 0.1) is 19.3 Å². The third-order valence-corrected chi connectivity index (χ3v) is 5.81. The first-order chi connectivity index (χ1) is 12.6. The van der Waals surface area contributed by atoms with Crippen molar-refractivity contribution in [2.75, 3.05) is 26.3 Å². The van der Waals surface area contributed by atoms with Gasteiger partial charge in [0.1, 0.15) is 0 Å². The summed E-state index contributed by atoms with van der Waals surface area (Å²) in [4.78, 5) is 19.4. The van der Waals surface area contributed by atoms with Crippen molar-refractivity contribution in [2.45, 2.75) is 39.0 Å². The molecule has 6 heteroatoms. The van der Waals surface area contributed by atoms with Crippen molar-refractivity contribution < 1.29 is 14.1 Å². The van der Waals surface area contributed by atoms with Gasteiger partial charge in [-0.2, -0.15) is 4.98 Å².